The van der Waals surface area contributed by atoms with E-state index < -0.39 is 0 Å². The Balaban J connectivity index is 2.14. The number of anilines is 2. The van der Waals surface area contributed by atoms with Gasteiger partial charge in [0.1, 0.15) is 0 Å². The maximum atomic E-state index is 6.13. The molecule has 0 aromatic heterocycles. The number of nitrogens with two attached hydrogens (primary N) is 1. The van der Waals surface area contributed by atoms with Gasteiger partial charge < -0.3 is 10.6 Å². The molecule has 2 nitrogen and oxygen atoms in total. The molecule has 0 aliphatic heterocycles. The summed E-state index contributed by atoms with van der Waals surface area (Å²) in [6, 6.07) is 15.7. The lowest BCUT2D eigenvalue weighted by atomic mass is 10.2. The molecule has 2 aromatic rings. The van der Waals surface area contributed by atoms with Crippen LogP contribution < -0.4 is 10.6 Å². The highest BCUT2D eigenvalue weighted by Gasteiger charge is 2.04. The predicted octanol–water partition coefficient (Wildman–Crippen LogP) is 3.56. The minimum atomic E-state index is 0.778. The smallest absolute Gasteiger partial charge is 0.0455 e. The fourth-order valence-electron chi connectivity index (χ4n) is 1.70. The van der Waals surface area contributed by atoms with E-state index in [1.807, 2.05) is 55.6 Å². The fraction of sp³-hybridized carbons (Fsp3) is 0.143. The van der Waals surface area contributed by atoms with Gasteiger partial charge >= 0.3 is 0 Å². The minimum absolute atomic E-state index is 0.778. The molecule has 0 spiro atoms. The van der Waals surface area contributed by atoms with Crippen LogP contribution in [0, 0.1) is 0 Å². The van der Waals surface area contributed by atoms with Gasteiger partial charge in [0.05, 0.1) is 0 Å². The Morgan fingerprint density at radius 2 is 1.71 bits per heavy atom. The largest absolute Gasteiger partial charge is 0.399 e. The van der Waals surface area contributed by atoms with Gasteiger partial charge in [-0.15, -0.1) is 0 Å². The molecular weight excluding hydrogens is 232 g/mol. The molecule has 0 aliphatic rings. The molecule has 2 N–H and O–H groups in total. The number of rotatable bonds is 3. The van der Waals surface area contributed by atoms with Crippen LogP contribution in [0.2, 0.25) is 5.02 Å². The monoisotopic (exact) mass is 246 g/mol. The van der Waals surface area contributed by atoms with Crippen molar-refractivity contribution in [2.45, 2.75) is 6.54 Å². The van der Waals surface area contributed by atoms with Gasteiger partial charge in [0, 0.05) is 30.0 Å². The van der Waals surface area contributed by atoms with E-state index in [-0.39, 0.29) is 0 Å². The van der Waals surface area contributed by atoms with Crippen molar-refractivity contribution in [1.29, 1.82) is 0 Å². The van der Waals surface area contributed by atoms with Crippen LogP contribution in [-0.4, -0.2) is 7.05 Å². The number of hydrogen-bond acceptors (Lipinski definition) is 2. The molecule has 0 bridgehead atoms. The molecule has 2 aromatic carbocycles. The summed E-state index contributed by atoms with van der Waals surface area (Å²) in [6.45, 7) is 0.781. The first kappa shape index (κ1) is 11.8. The molecular formula is C14H15ClN2. The lowest BCUT2D eigenvalue weighted by molar-refractivity contribution is 0.923. The van der Waals surface area contributed by atoms with Crippen LogP contribution in [0.15, 0.2) is 48.5 Å². The number of nitrogen functional groups attached to an aromatic ring is 1. The Bertz CT molecular complexity index is 494. The summed E-state index contributed by atoms with van der Waals surface area (Å²) < 4.78 is 0. The van der Waals surface area contributed by atoms with Crippen molar-refractivity contribution in [1.82, 2.24) is 0 Å². The third kappa shape index (κ3) is 2.92. The molecule has 0 unspecified atom stereocenters. The molecule has 2 rings (SSSR count). The highest BCUT2D eigenvalue weighted by atomic mass is 35.5. The van der Waals surface area contributed by atoms with Crippen molar-refractivity contribution < 1.29 is 0 Å². The van der Waals surface area contributed by atoms with Crippen LogP contribution in [0.5, 0.6) is 0 Å². The SMILES string of the molecule is CN(Cc1ccccc1Cl)c1ccc(N)cc1. The van der Waals surface area contributed by atoms with Crippen LogP contribution >= 0.6 is 11.6 Å². The van der Waals surface area contributed by atoms with Crippen molar-refractivity contribution in [2.24, 2.45) is 0 Å². The van der Waals surface area contributed by atoms with Crippen LogP contribution in [0.1, 0.15) is 5.56 Å². The molecule has 3 heteroatoms. The topological polar surface area (TPSA) is 29.3 Å². The van der Waals surface area contributed by atoms with Gasteiger partial charge in [-0.3, -0.25) is 0 Å². The zero-order chi connectivity index (χ0) is 12.3. The number of nitrogens with zero attached hydrogens (tertiary/aromatic N) is 1. The summed E-state index contributed by atoms with van der Waals surface area (Å²) in [6.07, 6.45) is 0. The van der Waals surface area contributed by atoms with Crippen LogP contribution in [0.4, 0.5) is 11.4 Å². The third-order valence-corrected chi connectivity index (χ3v) is 3.07. The highest BCUT2D eigenvalue weighted by Crippen LogP contribution is 2.21. The summed E-state index contributed by atoms with van der Waals surface area (Å²) in [4.78, 5) is 2.14. The van der Waals surface area contributed by atoms with Gasteiger partial charge in [0.2, 0.25) is 0 Å². The van der Waals surface area contributed by atoms with Gasteiger partial charge in [-0.1, -0.05) is 29.8 Å². The van der Waals surface area contributed by atoms with Crippen molar-refractivity contribution in [2.75, 3.05) is 17.7 Å². The average Bonchev–Trinajstić information content (AvgIpc) is 2.33. The molecule has 17 heavy (non-hydrogen) atoms. The third-order valence-electron chi connectivity index (χ3n) is 2.70. The van der Waals surface area contributed by atoms with E-state index >= 15 is 0 Å². The highest BCUT2D eigenvalue weighted by molar-refractivity contribution is 6.31. The normalized spacial score (nSPS) is 10.2. The second-order valence-electron chi connectivity index (χ2n) is 4.04. The Morgan fingerprint density at radius 3 is 2.35 bits per heavy atom. The quantitative estimate of drug-likeness (QED) is 0.840. The van der Waals surface area contributed by atoms with E-state index in [1.54, 1.807) is 0 Å². The zero-order valence-electron chi connectivity index (χ0n) is 9.73. The van der Waals surface area contributed by atoms with Crippen molar-refractivity contribution in [3.8, 4) is 0 Å². The minimum Gasteiger partial charge on any atom is -0.399 e. The van der Waals surface area contributed by atoms with Crippen LogP contribution in [0.25, 0.3) is 0 Å². The first-order chi connectivity index (χ1) is 8.16. The molecule has 0 atom stereocenters. The first-order valence-electron chi connectivity index (χ1n) is 5.47. The van der Waals surface area contributed by atoms with E-state index in [4.69, 9.17) is 17.3 Å². The van der Waals surface area contributed by atoms with E-state index in [0.717, 1.165) is 28.5 Å². The number of halogens is 1. The summed E-state index contributed by atoms with van der Waals surface area (Å²) in [5, 5.41) is 0.801. The van der Waals surface area contributed by atoms with E-state index in [1.165, 1.54) is 0 Å². The second-order valence-corrected chi connectivity index (χ2v) is 4.45. The fourth-order valence-corrected chi connectivity index (χ4v) is 1.90. The standard InChI is InChI=1S/C14H15ClN2/c1-17(13-8-6-12(16)7-9-13)10-11-4-2-3-5-14(11)15/h2-9H,10,16H2,1H3. The predicted molar refractivity (Wildman–Crippen MR) is 74.4 cm³/mol. The van der Waals surface area contributed by atoms with E-state index in [0.29, 0.717) is 0 Å². The Kier molecular flexibility index (Phi) is 3.55. The molecule has 0 saturated carbocycles. The summed E-state index contributed by atoms with van der Waals surface area (Å²) in [7, 11) is 2.04. The Morgan fingerprint density at radius 1 is 1.06 bits per heavy atom. The lowest BCUT2D eigenvalue weighted by Crippen LogP contribution is -2.16. The molecule has 0 fully saturated rings. The molecule has 88 valence electrons. The zero-order valence-corrected chi connectivity index (χ0v) is 10.5. The molecule has 0 radical (unpaired) electrons. The average molecular weight is 247 g/mol. The van der Waals surface area contributed by atoms with E-state index in [2.05, 4.69) is 4.90 Å². The number of benzene rings is 2. The maximum absolute atomic E-state index is 6.13. The van der Waals surface area contributed by atoms with Crippen LogP contribution in [0.3, 0.4) is 0 Å². The molecule has 0 saturated heterocycles. The summed E-state index contributed by atoms with van der Waals surface area (Å²) in [5.41, 5.74) is 8.68. The van der Waals surface area contributed by atoms with Gasteiger partial charge in [-0.25, -0.2) is 0 Å². The summed E-state index contributed by atoms with van der Waals surface area (Å²) in [5.74, 6) is 0. The molecule has 0 heterocycles. The van der Waals surface area contributed by atoms with Gasteiger partial charge in [0.15, 0.2) is 0 Å². The van der Waals surface area contributed by atoms with Gasteiger partial charge in [-0.05, 0) is 35.9 Å². The summed E-state index contributed by atoms with van der Waals surface area (Å²) >= 11 is 6.13. The molecule has 0 amide bonds. The van der Waals surface area contributed by atoms with Crippen molar-refractivity contribution in [3.05, 3.63) is 59.1 Å². The molecule has 0 aliphatic carbocycles. The van der Waals surface area contributed by atoms with Gasteiger partial charge in [-0.2, -0.15) is 0 Å². The first-order valence-corrected chi connectivity index (χ1v) is 5.84. The van der Waals surface area contributed by atoms with Crippen molar-refractivity contribution >= 4 is 23.0 Å². The van der Waals surface area contributed by atoms with Gasteiger partial charge in [0.25, 0.3) is 0 Å². The second kappa shape index (κ2) is 5.11. The van der Waals surface area contributed by atoms with Crippen LogP contribution in [-0.2, 0) is 6.54 Å². The number of hydrogen-bond donors (Lipinski definition) is 1. The Labute approximate surface area is 107 Å². The lowest BCUT2D eigenvalue weighted by Gasteiger charge is -2.20. The van der Waals surface area contributed by atoms with E-state index in [9.17, 15) is 0 Å². The maximum Gasteiger partial charge on any atom is 0.0455 e. The Hall–Kier alpha value is -1.67. The van der Waals surface area contributed by atoms with Crippen molar-refractivity contribution in [3.63, 3.8) is 0 Å².